The molecule has 1 aliphatic rings. The Balaban J connectivity index is 2.47. The molecule has 0 aromatic rings. The average molecular weight is 201 g/mol. The summed E-state index contributed by atoms with van der Waals surface area (Å²) in [7, 11) is 0. The van der Waals surface area contributed by atoms with E-state index in [0.29, 0.717) is 5.92 Å². The lowest BCUT2D eigenvalue weighted by atomic mass is 9.78. The molecule has 1 saturated carbocycles. The minimum atomic E-state index is -0.503. The van der Waals surface area contributed by atoms with E-state index in [0.717, 1.165) is 12.8 Å². The highest BCUT2D eigenvalue weighted by molar-refractivity contribution is 4.84. The Morgan fingerprint density at radius 1 is 1.29 bits per heavy atom. The first-order chi connectivity index (χ1) is 6.66. The second kappa shape index (κ2) is 5.69. The predicted molar refractivity (Wildman–Crippen MR) is 56.8 cm³/mol. The van der Waals surface area contributed by atoms with Crippen molar-refractivity contribution in [3.63, 3.8) is 0 Å². The Kier molecular flexibility index (Phi) is 4.85. The first kappa shape index (κ1) is 12.0. The fraction of sp³-hybridized carbons (Fsp3) is 1.00. The van der Waals surface area contributed by atoms with Crippen LogP contribution in [0.1, 0.15) is 39.0 Å². The highest BCUT2D eigenvalue weighted by Crippen LogP contribution is 2.29. The van der Waals surface area contributed by atoms with Gasteiger partial charge in [0.05, 0.1) is 6.10 Å². The van der Waals surface area contributed by atoms with Gasteiger partial charge in [-0.15, -0.1) is 0 Å². The Hall–Kier alpha value is -0.120. The first-order valence-corrected chi connectivity index (χ1v) is 5.71. The van der Waals surface area contributed by atoms with E-state index in [1.165, 1.54) is 19.3 Å². The van der Waals surface area contributed by atoms with E-state index in [1.807, 2.05) is 0 Å². The summed E-state index contributed by atoms with van der Waals surface area (Å²) in [5.41, 5.74) is 6.08. The maximum absolute atomic E-state index is 9.47. The second-order valence-corrected chi connectivity index (χ2v) is 4.56. The SMILES string of the molecule is CC(O)C(CO)C(N)C1CCCCC1. The molecule has 0 aromatic carbocycles. The highest BCUT2D eigenvalue weighted by Gasteiger charge is 2.29. The van der Waals surface area contributed by atoms with Gasteiger partial charge in [-0.05, 0) is 25.7 Å². The summed E-state index contributed by atoms with van der Waals surface area (Å²) >= 11 is 0. The van der Waals surface area contributed by atoms with Gasteiger partial charge in [-0.2, -0.15) is 0 Å². The molecule has 0 radical (unpaired) electrons. The topological polar surface area (TPSA) is 66.5 Å². The summed E-state index contributed by atoms with van der Waals surface area (Å²) < 4.78 is 0. The van der Waals surface area contributed by atoms with Gasteiger partial charge in [0.15, 0.2) is 0 Å². The zero-order valence-electron chi connectivity index (χ0n) is 9.02. The van der Waals surface area contributed by atoms with Gasteiger partial charge < -0.3 is 15.9 Å². The molecule has 3 unspecified atom stereocenters. The number of nitrogens with two attached hydrogens (primary N) is 1. The van der Waals surface area contributed by atoms with Crippen molar-refractivity contribution in [2.45, 2.75) is 51.2 Å². The standard InChI is InChI=1S/C11H23NO2/c1-8(14)10(7-13)11(12)9-5-3-2-4-6-9/h8-11,13-14H,2-7,12H2,1H3. The van der Waals surface area contributed by atoms with Crippen molar-refractivity contribution >= 4 is 0 Å². The molecule has 0 aromatic heterocycles. The Labute approximate surface area is 86.3 Å². The van der Waals surface area contributed by atoms with Crippen molar-refractivity contribution in [1.82, 2.24) is 0 Å². The summed E-state index contributed by atoms with van der Waals surface area (Å²) in [6.07, 6.45) is 5.61. The third-order valence-electron chi connectivity index (χ3n) is 3.52. The van der Waals surface area contributed by atoms with Crippen LogP contribution in [0.5, 0.6) is 0 Å². The third-order valence-corrected chi connectivity index (χ3v) is 3.52. The molecule has 1 fully saturated rings. The summed E-state index contributed by atoms with van der Waals surface area (Å²) in [5.74, 6) is 0.341. The molecule has 4 N–H and O–H groups in total. The van der Waals surface area contributed by atoms with E-state index < -0.39 is 6.10 Å². The van der Waals surface area contributed by atoms with E-state index in [1.54, 1.807) is 6.92 Å². The van der Waals surface area contributed by atoms with Gasteiger partial charge in [0.2, 0.25) is 0 Å². The normalized spacial score (nSPS) is 25.7. The van der Waals surface area contributed by atoms with Crippen LogP contribution in [0.3, 0.4) is 0 Å². The minimum absolute atomic E-state index is 0.00463. The molecule has 3 atom stereocenters. The summed E-state index contributed by atoms with van der Waals surface area (Å²) in [6, 6.07) is -0.0414. The van der Waals surface area contributed by atoms with Crippen LogP contribution in [0, 0.1) is 11.8 Å². The van der Waals surface area contributed by atoms with Gasteiger partial charge in [-0.25, -0.2) is 0 Å². The summed E-state index contributed by atoms with van der Waals surface area (Å²) in [4.78, 5) is 0. The predicted octanol–water partition coefficient (Wildman–Crippen LogP) is 0.883. The molecule has 3 nitrogen and oxygen atoms in total. The zero-order valence-corrected chi connectivity index (χ0v) is 9.02. The van der Waals surface area contributed by atoms with Crippen LogP contribution in [0.15, 0.2) is 0 Å². The Morgan fingerprint density at radius 3 is 2.29 bits per heavy atom. The summed E-state index contributed by atoms with van der Waals surface area (Å²) in [6.45, 7) is 1.71. The first-order valence-electron chi connectivity index (χ1n) is 5.71. The van der Waals surface area contributed by atoms with E-state index >= 15 is 0 Å². The molecule has 84 valence electrons. The smallest absolute Gasteiger partial charge is 0.0577 e. The van der Waals surface area contributed by atoms with Crippen molar-refractivity contribution in [2.75, 3.05) is 6.61 Å². The lowest BCUT2D eigenvalue weighted by molar-refractivity contribution is 0.0464. The molecular weight excluding hydrogens is 178 g/mol. The number of aliphatic hydroxyl groups excluding tert-OH is 2. The largest absolute Gasteiger partial charge is 0.396 e. The third kappa shape index (κ3) is 2.94. The lowest BCUT2D eigenvalue weighted by Crippen LogP contribution is -2.44. The zero-order chi connectivity index (χ0) is 10.6. The van der Waals surface area contributed by atoms with Crippen molar-refractivity contribution in [3.05, 3.63) is 0 Å². The molecule has 0 aliphatic heterocycles. The second-order valence-electron chi connectivity index (χ2n) is 4.56. The molecule has 0 spiro atoms. The molecule has 1 aliphatic carbocycles. The van der Waals surface area contributed by atoms with E-state index in [2.05, 4.69) is 0 Å². The lowest BCUT2D eigenvalue weighted by Gasteiger charge is -2.33. The van der Waals surface area contributed by atoms with E-state index in [9.17, 15) is 5.11 Å². The average Bonchev–Trinajstić information content (AvgIpc) is 2.19. The van der Waals surface area contributed by atoms with Gasteiger partial charge in [0.25, 0.3) is 0 Å². The summed E-state index contributed by atoms with van der Waals surface area (Å²) in [5, 5.41) is 18.6. The molecule has 14 heavy (non-hydrogen) atoms. The molecule has 0 heterocycles. The van der Waals surface area contributed by atoms with Crippen molar-refractivity contribution in [2.24, 2.45) is 17.6 Å². The molecule has 3 heteroatoms. The van der Waals surface area contributed by atoms with Crippen LogP contribution in [0.25, 0.3) is 0 Å². The fourth-order valence-corrected chi connectivity index (χ4v) is 2.46. The Morgan fingerprint density at radius 2 is 1.86 bits per heavy atom. The quantitative estimate of drug-likeness (QED) is 0.632. The number of hydrogen-bond acceptors (Lipinski definition) is 3. The molecular formula is C11H23NO2. The molecule has 0 saturated heterocycles. The maximum atomic E-state index is 9.47. The molecule has 1 rings (SSSR count). The van der Waals surface area contributed by atoms with Crippen LogP contribution < -0.4 is 5.73 Å². The van der Waals surface area contributed by atoms with Crippen LogP contribution in [-0.4, -0.2) is 29.0 Å². The molecule has 0 amide bonds. The van der Waals surface area contributed by atoms with Crippen molar-refractivity contribution < 1.29 is 10.2 Å². The van der Waals surface area contributed by atoms with Gasteiger partial charge >= 0.3 is 0 Å². The monoisotopic (exact) mass is 201 g/mol. The van der Waals surface area contributed by atoms with Gasteiger partial charge in [-0.3, -0.25) is 0 Å². The van der Waals surface area contributed by atoms with Gasteiger partial charge in [-0.1, -0.05) is 19.3 Å². The highest BCUT2D eigenvalue weighted by atomic mass is 16.3. The number of aliphatic hydroxyl groups is 2. The minimum Gasteiger partial charge on any atom is -0.396 e. The van der Waals surface area contributed by atoms with Crippen molar-refractivity contribution in [1.29, 1.82) is 0 Å². The fourth-order valence-electron chi connectivity index (χ4n) is 2.46. The van der Waals surface area contributed by atoms with Gasteiger partial charge in [0, 0.05) is 18.6 Å². The Bertz CT molecular complexity index is 155. The van der Waals surface area contributed by atoms with Crippen LogP contribution >= 0.6 is 0 Å². The van der Waals surface area contributed by atoms with Crippen LogP contribution in [0.2, 0.25) is 0 Å². The number of rotatable bonds is 4. The molecule has 0 bridgehead atoms. The van der Waals surface area contributed by atoms with Crippen LogP contribution in [-0.2, 0) is 0 Å². The van der Waals surface area contributed by atoms with Gasteiger partial charge in [0.1, 0.15) is 0 Å². The van der Waals surface area contributed by atoms with E-state index in [4.69, 9.17) is 10.8 Å². The number of hydrogen-bond donors (Lipinski definition) is 3. The van der Waals surface area contributed by atoms with Crippen LogP contribution in [0.4, 0.5) is 0 Å². The van der Waals surface area contributed by atoms with E-state index in [-0.39, 0.29) is 18.6 Å². The van der Waals surface area contributed by atoms with Crippen molar-refractivity contribution in [3.8, 4) is 0 Å². The maximum Gasteiger partial charge on any atom is 0.0577 e.